The molecule has 5 aromatic carbocycles. The van der Waals surface area contributed by atoms with Crippen LogP contribution in [-0.4, -0.2) is 4.57 Å². The van der Waals surface area contributed by atoms with Crippen LogP contribution in [0.15, 0.2) is 128 Å². The van der Waals surface area contributed by atoms with Crippen molar-refractivity contribution in [3.8, 4) is 27.9 Å². The van der Waals surface area contributed by atoms with Crippen LogP contribution in [0.2, 0.25) is 0 Å². The zero-order valence-corrected chi connectivity index (χ0v) is 22.6. The first-order valence-electron chi connectivity index (χ1n) is 13.3. The normalized spacial score (nSPS) is 11.7. The summed E-state index contributed by atoms with van der Waals surface area (Å²) in [6.45, 7) is 6.13. The molecule has 0 saturated carbocycles. The summed E-state index contributed by atoms with van der Waals surface area (Å²) in [6, 6.07) is 41.8. The third-order valence-electron chi connectivity index (χ3n) is 7.49. The van der Waals surface area contributed by atoms with E-state index in [0.717, 1.165) is 0 Å². The molecule has 0 amide bonds. The van der Waals surface area contributed by atoms with Gasteiger partial charge >= 0.3 is 0 Å². The molecule has 39 heavy (non-hydrogen) atoms. The third kappa shape index (κ3) is 3.84. The second-order valence-electron chi connectivity index (χ2n) is 9.77. The van der Waals surface area contributed by atoms with E-state index in [1.807, 2.05) is 17.4 Å². The maximum Gasteiger partial charge on any atom is 0.0541 e. The van der Waals surface area contributed by atoms with Gasteiger partial charge < -0.3 is 4.57 Å². The zero-order chi connectivity index (χ0) is 26.3. The molecule has 0 aliphatic rings. The molecule has 0 radical (unpaired) electrons. The number of hydrogen-bond acceptors (Lipinski definition) is 1. The highest BCUT2D eigenvalue weighted by Crippen LogP contribution is 2.40. The molecule has 2 aromatic heterocycles. The standard InChI is InChI=1S/C37H27NS/c1-3-12-32-33-20-11-19-29(37(33)39-36(32)4-2)27-15-9-13-25(23-27)26-14-10-16-28(24-26)38-34-21-7-5-17-30(34)31-18-6-8-22-35(31)38/h3-24H,2H2,1H3/b12-3-. The van der Waals surface area contributed by atoms with Crippen molar-refractivity contribution in [2.45, 2.75) is 6.92 Å². The highest BCUT2D eigenvalue weighted by atomic mass is 32.1. The summed E-state index contributed by atoms with van der Waals surface area (Å²) in [7, 11) is 0. The largest absolute Gasteiger partial charge is 0.309 e. The lowest BCUT2D eigenvalue weighted by molar-refractivity contribution is 1.18. The topological polar surface area (TPSA) is 4.93 Å². The summed E-state index contributed by atoms with van der Waals surface area (Å²) in [5, 5.41) is 3.84. The number of hydrogen-bond donors (Lipinski definition) is 0. The van der Waals surface area contributed by atoms with E-state index in [1.54, 1.807) is 0 Å². The molecule has 0 atom stereocenters. The van der Waals surface area contributed by atoms with Gasteiger partial charge in [-0.15, -0.1) is 11.3 Å². The predicted octanol–water partition coefficient (Wildman–Crippen LogP) is 11.0. The molecule has 2 heterocycles. The molecule has 0 unspecified atom stereocenters. The van der Waals surface area contributed by atoms with Gasteiger partial charge in [0.1, 0.15) is 0 Å². The van der Waals surface area contributed by atoms with Gasteiger partial charge in [0.2, 0.25) is 0 Å². The Balaban J connectivity index is 1.37. The average molecular weight is 518 g/mol. The Bertz CT molecular complexity index is 2000. The molecule has 0 saturated heterocycles. The molecule has 1 nitrogen and oxygen atoms in total. The van der Waals surface area contributed by atoms with Crippen LogP contribution in [0.5, 0.6) is 0 Å². The number of allylic oxidation sites excluding steroid dienone is 1. The molecule has 186 valence electrons. The van der Waals surface area contributed by atoms with Crippen molar-refractivity contribution >= 4 is 55.4 Å². The highest BCUT2D eigenvalue weighted by molar-refractivity contribution is 7.20. The van der Waals surface area contributed by atoms with Gasteiger partial charge in [-0.2, -0.15) is 0 Å². The van der Waals surface area contributed by atoms with Crippen molar-refractivity contribution in [1.82, 2.24) is 4.57 Å². The van der Waals surface area contributed by atoms with Crippen LogP contribution in [0.4, 0.5) is 0 Å². The van der Waals surface area contributed by atoms with Gasteiger partial charge in [0, 0.05) is 31.4 Å². The van der Waals surface area contributed by atoms with E-state index in [-0.39, 0.29) is 0 Å². The molecule has 0 spiro atoms. The Morgan fingerprint density at radius 1 is 0.641 bits per heavy atom. The first kappa shape index (κ1) is 23.5. The van der Waals surface area contributed by atoms with Crippen LogP contribution in [0, 0.1) is 0 Å². The number of rotatable bonds is 5. The van der Waals surface area contributed by atoms with Crippen LogP contribution < -0.4 is 0 Å². The summed E-state index contributed by atoms with van der Waals surface area (Å²) in [5.74, 6) is 0. The van der Waals surface area contributed by atoms with Gasteiger partial charge in [-0.25, -0.2) is 0 Å². The van der Waals surface area contributed by atoms with Gasteiger partial charge in [0.25, 0.3) is 0 Å². The van der Waals surface area contributed by atoms with Crippen molar-refractivity contribution in [2.75, 3.05) is 0 Å². The number of fused-ring (bicyclic) bond motifs is 4. The van der Waals surface area contributed by atoms with E-state index in [1.165, 1.54) is 70.3 Å². The second-order valence-corrected chi connectivity index (χ2v) is 10.8. The lowest BCUT2D eigenvalue weighted by atomic mass is 9.97. The summed E-state index contributed by atoms with van der Waals surface area (Å²) < 4.78 is 3.68. The predicted molar refractivity (Wildman–Crippen MR) is 172 cm³/mol. The fourth-order valence-electron chi connectivity index (χ4n) is 5.77. The highest BCUT2D eigenvalue weighted by Gasteiger charge is 2.14. The molecule has 7 rings (SSSR count). The van der Waals surface area contributed by atoms with Crippen molar-refractivity contribution in [3.63, 3.8) is 0 Å². The van der Waals surface area contributed by atoms with Crippen LogP contribution in [0.3, 0.4) is 0 Å². The van der Waals surface area contributed by atoms with Crippen LogP contribution in [0.25, 0.3) is 72.0 Å². The Kier molecular flexibility index (Phi) is 5.76. The van der Waals surface area contributed by atoms with E-state index in [2.05, 4.69) is 145 Å². The summed E-state index contributed by atoms with van der Waals surface area (Å²) in [5.41, 5.74) is 9.78. The fourth-order valence-corrected chi connectivity index (χ4v) is 6.94. The van der Waals surface area contributed by atoms with Gasteiger partial charge in [0.05, 0.1) is 11.0 Å². The average Bonchev–Trinajstić information content (AvgIpc) is 3.53. The van der Waals surface area contributed by atoms with E-state index >= 15 is 0 Å². The molecule has 0 N–H and O–H groups in total. The molecule has 0 aliphatic carbocycles. The van der Waals surface area contributed by atoms with Crippen LogP contribution in [-0.2, 0) is 0 Å². The van der Waals surface area contributed by atoms with Gasteiger partial charge in [-0.05, 0) is 65.1 Å². The Labute approximate surface area is 232 Å². The number of nitrogens with zero attached hydrogens (tertiary/aromatic N) is 1. The smallest absolute Gasteiger partial charge is 0.0541 e. The second kappa shape index (κ2) is 9.58. The molecule has 2 heteroatoms. The monoisotopic (exact) mass is 517 g/mol. The lowest BCUT2D eigenvalue weighted by Crippen LogP contribution is -1.94. The Morgan fingerprint density at radius 2 is 1.26 bits per heavy atom. The molecule has 0 fully saturated rings. The Morgan fingerprint density at radius 3 is 1.97 bits per heavy atom. The molecule has 0 aliphatic heterocycles. The maximum absolute atomic E-state index is 4.07. The van der Waals surface area contributed by atoms with E-state index in [4.69, 9.17) is 0 Å². The molecule has 7 aromatic rings. The lowest BCUT2D eigenvalue weighted by Gasteiger charge is -2.11. The number of para-hydroxylation sites is 2. The Hall–Kier alpha value is -4.66. The van der Waals surface area contributed by atoms with E-state index < -0.39 is 0 Å². The van der Waals surface area contributed by atoms with Crippen molar-refractivity contribution < 1.29 is 0 Å². The minimum Gasteiger partial charge on any atom is -0.309 e. The minimum absolute atomic E-state index is 1.17. The van der Waals surface area contributed by atoms with Gasteiger partial charge in [-0.3, -0.25) is 0 Å². The summed E-state index contributed by atoms with van der Waals surface area (Å²) in [6.07, 6.45) is 6.27. The van der Waals surface area contributed by atoms with Crippen molar-refractivity contribution in [1.29, 1.82) is 0 Å². The van der Waals surface area contributed by atoms with Crippen molar-refractivity contribution in [3.05, 3.63) is 138 Å². The maximum atomic E-state index is 4.07. The van der Waals surface area contributed by atoms with Gasteiger partial charge in [0.15, 0.2) is 0 Å². The first-order valence-corrected chi connectivity index (χ1v) is 14.1. The molecule has 0 bridgehead atoms. The third-order valence-corrected chi connectivity index (χ3v) is 8.74. The first-order chi connectivity index (χ1) is 19.3. The van der Waals surface area contributed by atoms with Crippen LogP contribution >= 0.6 is 11.3 Å². The zero-order valence-electron chi connectivity index (χ0n) is 21.8. The minimum atomic E-state index is 1.17. The van der Waals surface area contributed by atoms with E-state index in [0.29, 0.717) is 0 Å². The van der Waals surface area contributed by atoms with E-state index in [9.17, 15) is 0 Å². The van der Waals surface area contributed by atoms with Gasteiger partial charge in [-0.1, -0.05) is 110 Å². The molecular weight excluding hydrogens is 490 g/mol. The summed E-state index contributed by atoms with van der Waals surface area (Å²) >= 11 is 1.82. The fraction of sp³-hybridized carbons (Fsp3) is 0.0270. The number of aromatic nitrogens is 1. The SMILES string of the molecule is C=Cc1sc2c(-c3cccc(-c4cccc(-n5c6ccccc6c6ccccc65)c4)c3)cccc2c1/C=C\C. The quantitative estimate of drug-likeness (QED) is 0.214. The molecular formula is C37H27NS. The number of benzene rings is 5. The summed E-state index contributed by atoms with van der Waals surface area (Å²) in [4.78, 5) is 1.21. The van der Waals surface area contributed by atoms with Crippen LogP contribution in [0.1, 0.15) is 17.4 Å². The van der Waals surface area contributed by atoms with Crippen molar-refractivity contribution in [2.24, 2.45) is 0 Å². The number of thiophene rings is 1.